The first kappa shape index (κ1) is 12.4. The summed E-state index contributed by atoms with van der Waals surface area (Å²) in [6.07, 6.45) is 0.932. The molecule has 0 aliphatic carbocycles. The van der Waals surface area contributed by atoms with Gasteiger partial charge in [0.25, 0.3) is 0 Å². The van der Waals surface area contributed by atoms with Crippen LogP contribution in [0.25, 0.3) is 0 Å². The van der Waals surface area contributed by atoms with E-state index in [0.717, 1.165) is 6.42 Å². The highest BCUT2D eigenvalue weighted by Gasteiger charge is 2.23. The fourth-order valence-electron chi connectivity index (χ4n) is 1.44. The van der Waals surface area contributed by atoms with Gasteiger partial charge in [0.05, 0.1) is 7.11 Å². The SMILES string of the molecule is CCc1ccc(C(=O)C(C)C(=O)OC)cc1. The molecule has 0 spiro atoms. The summed E-state index contributed by atoms with van der Waals surface area (Å²) in [4.78, 5) is 23.1. The lowest BCUT2D eigenvalue weighted by Gasteiger charge is -2.08. The molecule has 0 saturated heterocycles. The van der Waals surface area contributed by atoms with E-state index < -0.39 is 11.9 Å². The monoisotopic (exact) mass is 220 g/mol. The minimum atomic E-state index is -0.738. The number of carbonyl (C=O) groups is 2. The van der Waals surface area contributed by atoms with Gasteiger partial charge in [0.2, 0.25) is 0 Å². The molecule has 0 saturated carbocycles. The molecule has 0 aromatic heterocycles. The molecule has 0 amide bonds. The molecule has 0 N–H and O–H groups in total. The molecule has 86 valence electrons. The molecular formula is C13H16O3. The first-order chi connectivity index (χ1) is 7.60. The van der Waals surface area contributed by atoms with E-state index in [9.17, 15) is 9.59 Å². The highest BCUT2D eigenvalue weighted by molar-refractivity contribution is 6.08. The highest BCUT2D eigenvalue weighted by Crippen LogP contribution is 2.12. The van der Waals surface area contributed by atoms with Gasteiger partial charge in [-0.15, -0.1) is 0 Å². The Kier molecular flexibility index (Phi) is 4.23. The molecule has 1 unspecified atom stereocenters. The van der Waals surface area contributed by atoms with Crippen LogP contribution in [0.2, 0.25) is 0 Å². The summed E-state index contributed by atoms with van der Waals surface area (Å²) in [6.45, 7) is 3.61. The summed E-state index contributed by atoms with van der Waals surface area (Å²) in [7, 11) is 1.28. The minimum Gasteiger partial charge on any atom is -0.468 e. The van der Waals surface area contributed by atoms with Crippen LogP contribution in [0.4, 0.5) is 0 Å². The van der Waals surface area contributed by atoms with Crippen LogP contribution in [-0.4, -0.2) is 18.9 Å². The van der Waals surface area contributed by atoms with Crippen molar-refractivity contribution in [2.75, 3.05) is 7.11 Å². The molecule has 16 heavy (non-hydrogen) atoms. The van der Waals surface area contributed by atoms with E-state index in [1.165, 1.54) is 12.7 Å². The maximum absolute atomic E-state index is 11.8. The van der Waals surface area contributed by atoms with Gasteiger partial charge in [0.15, 0.2) is 5.78 Å². The van der Waals surface area contributed by atoms with Gasteiger partial charge in [-0.1, -0.05) is 31.2 Å². The number of esters is 1. The van der Waals surface area contributed by atoms with Crippen LogP contribution in [0.3, 0.4) is 0 Å². The Labute approximate surface area is 95.4 Å². The van der Waals surface area contributed by atoms with Crippen LogP contribution in [0.5, 0.6) is 0 Å². The number of methoxy groups -OCH3 is 1. The molecule has 0 radical (unpaired) electrons. The number of Topliss-reactive ketones (excluding diaryl/α,β-unsaturated/α-hetero) is 1. The number of carbonyl (C=O) groups excluding carboxylic acids is 2. The molecule has 1 atom stereocenters. The van der Waals surface area contributed by atoms with Crippen molar-refractivity contribution >= 4 is 11.8 Å². The largest absolute Gasteiger partial charge is 0.468 e. The number of aryl methyl sites for hydroxylation is 1. The van der Waals surface area contributed by atoms with Crippen molar-refractivity contribution in [3.8, 4) is 0 Å². The first-order valence-electron chi connectivity index (χ1n) is 5.31. The summed E-state index contributed by atoms with van der Waals surface area (Å²) in [5.74, 6) is -1.43. The third-order valence-corrected chi connectivity index (χ3v) is 2.59. The van der Waals surface area contributed by atoms with Crippen molar-refractivity contribution in [2.45, 2.75) is 20.3 Å². The van der Waals surface area contributed by atoms with E-state index >= 15 is 0 Å². The first-order valence-corrected chi connectivity index (χ1v) is 5.31. The Balaban J connectivity index is 2.84. The molecule has 1 rings (SSSR count). The molecule has 0 heterocycles. The third-order valence-electron chi connectivity index (χ3n) is 2.59. The highest BCUT2D eigenvalue weighted by atomic mass is 16.5. The summed E-state index contributed by atoms with van der Waals surface area (Å²) >= 11 is 0. The van der Waals surface area contributed by atoms with Gasteiger partial charge >= 0.3 is 5.97 Å². The molecule has 0 aliphatic rings. The zero-order valence-corrected chi connectivity index (χ0v) is 9.82. The van der Waals surface area contributed by atoms with E-state index in [4.69, 9.17) is 0 Å². The second kappa shape index (κ2) is 5.45. The molecule has 3 heteroatoms. The average molecular weight is 220 g/mol. The summed E-state index contributed by atoms with van der Waals surface area (Å²) in [5, 5.41) is 0. The van der Waals surface area contributed by atoms with Crippen molar-refractivity contribution in [1.82, 2.24) is 0 Å². The maximum Gasteiger partial charge on any atom is 0.316 e. The quantitative estimate of drug-likeness (QED) is 0.444. The number of ether oxygens (including phenoxy) is 1. The van der Waals surface area contributed by atoms with Crippen LogP contribution in [0.15, 0.2) is 24.3 Å². The van der Waals surface area contributed by atoms with Gasteiger partial charge in [-0.25, -0.2) is 0 Å². The fraction of sp³-hybridized carbons (Fsp3) is 0.385. The number of rotatable bonds is 4. The van der Waals surface area contributed by atoms with Gasteiger partial charge in [0.1, 0.15) is 5.92 Å². The standard InChI is InChI=1S/C13H16O3/c1-4-10-5-7-11(8-6-10)12(14)9(2)13(15)16-3/h5-9H,4H2,1-3H3. The van der Waals surface area contributed by atoms with Gasteiger partial charge in [-0.2, -0.15) is 0 Å². The van der Waals surface area contributed by atoms with Gasteiger partial charge < -0.3 is 4.74 Å². The van der Waals surface area contributed by atoms with Crippen LogP contribution >= 0.6 is 0 Å². The summed E-state index contributed by atoms with van der Waals surface area (Å²) in [6, 6.07) is 7.30. The smallest absolute Gasteiger partial charge is 0.316 e. The topological polar surface area (TPSA) is 43.4 Å². The van der Waals surface area contributed by atoms with E-state index in [-0.39, 0.29) is 5.78 Å². The van der Waals surface area contributed by atoms with Crippen LogP contribution in [0.1, 0.15) is 29.8 Å². The molecule has 0 fully saturated rings. The molecular weight excluding hydrogens is 204 g/mol. The van der Waals surface area contributed by atoms with Gasteiger partial charge in [0, 0.05) is 5.56 Å². The fourth-order valence-corrected chi connectivity index (χ4v) is 1.44. The molecule has 1 aromatic rings. The number of ketones is 1. The lowest BCUT2D eigenvalue weighted by molar-refractivity contribution is -0.143. The van der Waals surface area contributed by atoms with E-state index in [1.54, 1.807) is 19.1 Å². The normalized spacial score (nSPS) is 11.9. The van der Waals surface area contributed by atoms with E-state index in [2.05, 4.69) is 4.74 Å². The lowest BCUT2D eigenvalue weighted by atomic mass is 9.98. The Morgan fingerprint density at radius 3 is 2.25 bits per heavy atom. The third kappa shape index (κ3) is 2.69. The van der Waals surface area contributed by atoms with Gasteiger partial charge in [-0.05, 0) is 18.9 Å². The van der Waals surface area contributed by atoms with E-state index in [0.29, 0.717) is 5.56 Å². The van der Waals surface area contributed by atoms with Crippen molar-refractivity contribution in [3.63, 3.8) is 0 Å². The van der Waals surface area contributed by atoms with Gasteiger partial charge in [-0.3, -0.25) is 9.59 Å². The molecule has 3 nitrogen and oxygen atoms in total. The van der Waals surface area contributed by atoms with Crippen molar-refractivity contribution in [2.24, 2.45) is 5.92 Å². The second-order valence-corrected chi connectivity index (χ2v) is 3.66. The minimum absolute atomic E-state index is 0.200. The average Bonchev–Trinajstić information content (AvgIpc) is 2.36. The predicted octanol–water partition coefficient (Wildman–Crippen LogP) is 2.24. The maximum atomic E-state index is 11.8. The predicted molar refractivity (Wildman–Crippen MR) is 61.3 cm³/mol. The van der Waals surface area contributed by atoms with Crippen LogP contribution < -0.4 is 0 Å². The summed E-state index contributed by atoms with van der Waals surface area (Å²) in [5.41, 5.74) is 1.72. The van der Waals surface area contributed by atoms with Crippen LogP contribution in [-0.2, 0) is 16.0 Å². The number of benzene rings is 1. The summed E-state index contributed by atoms with van der Waals surface area (Å²) < 4.78 is 4.54. The Hall–Kier alpha value is -1.64. The number of hydrogen-bond donors (Lipinski definition) is 0. The molecule has 0 aliphatic heterocycles. The lowest BCUT2D eigenvalue weighted by Crippen LogP contribution is -2.22. The molecule has 0 bridgehead atoms. The molecule has 1 aromatic carbocycles. The second-order valence-electron chi connectivity index (χ2n) is 3.66. The zero-order chi connectivity index (χ0) is 12.1. The number of hydrogen-bond acceptors (Lipinski definition) is 3. The van der Waals surface area contributed by atoms with Crippen LogP contribution in [0, 0.1) is 5.92 Å². The van der Waals surface area contributed by atoms with Crippen molar-refractivity contribution in [3.05, 3.63) is 35.4 Å². The van der Waals surface area contributed by atoms with E-state index in [1.807, 2.05) is 19.1 Å². The zero-order valence-electron chi connectivity index (χ0n) is 9.82. The Bertz CT molecular complexity index is 379. The Morgan fingerprint density at radius 2 is 1.81 bits per heavy atom. The van der Waals surface area contributed by atoms with Crippen molar-refractivity contribution < 1.29 is 14.3 Å². The van der Waals surface area contributed by atoms with Crippen molar-refractivity contribution in [1.29, 1.82) is 0 Å². The Morgan fingerprint density at radius 1 is 1.25 bits per heavy atom.